The Kier molecular flexibility index (Phi) is 4.66. The molecule has 0 amide bonds. The maximum atomic E-state index is 12.3. The molecular weight excluding hydrogens is 306 g/mol. The summed E-state index contributed by atoms with van der Waals surface area (Å²) >= 11 is 7.09. The SMILES string of the molecule is Cc1cc(C#N)cc(C)c1OC(C)C(=O)c1ccc(Cl)s1. The van der Waals surface area contributed by atoms with Crippen molar-refractivity contribution in [1.29, 1.82) is 5.26 Å². The zero-order valence-electron chi connectivity index (χ0n) is 11.9. The Hall–Kier alpha value is -1.83. The number of nitrogens with zero attached hydrogens (tertiary/aromatic N) is 1. The first-order chi connectivity index (χ1) is 9.92. The number of hydrogen-bond acceptors (Lipinski definition) is 4. The molecule has 0 saturated carbocycles. The van der Waals surface area contributed by atoms with Gasteiger partial charge in [0.25, 0.3) is 0 Å². The minimum absolute atomic E-state index is 0.102. The lowest BCUT2D eigenvalue weighted by Gasteiger charge is -2.17. The summed E-state index contributed by atoms with van der Waals surface area (Å²) in [4.78, 5) is 12.9. The highest BCUT2D eigenvalue weighted by Crippen LogP contribution is 2.28. The Bertz CT molecular complexity index is 707. The molecule has 108 valence electrons. The molecule has 0 spiro atoms. The number of ketones is 1. The quantitative estimate of drug-likeness (QED) is 0.777. The third-order valence-electron chi connectivity index (χ3n) is 3.07. The maximum Gasteiger partial charge on any atom is 0.212 e. The molecule has 0 N–H and O–H groups in total. The number of benzene rings is 1. The van der Waals surface area contributed by atoms with Crippen LogP contribution in [0.15, 0.2) is 24.3 Å². The number of aryl methyl sites for hydroxylation is 2. The molecule has 0 aliphatic rings. The summed E-state index contributed by atoms with van der Waals surface area (Å²) in [5.74, 6) is 0.549. The molecule has 1 aromatic carbocycles. The van der Waals surface area contributed by atoms with Gasteiger partial charge in [0.15, 0.2) is 6.10 Å². The lowest BCUT2D eigenvalue weighted by Crippen LogP contribution is -2.23. The number of rotatable bonds is 4. The smallest absolute Gasteiger partial charge is 0.212 e. The molecule has 0 aliphatic heterocycles. The van der Waals surface area contributed by atoms with Crippen molar-refractivity contribution in [2.75, 3.05) is 0 Å². The van der Waals surface area contributed by atoms with E-state index in [0.29, 0.717) is 20.5 Å². The zero-order valence-corrected chi connectivity index (χ0v) is 13.5. The average Bonchev–Trinajstić information content (AvgIpc) is 2.88. The van der Waals surface area contributed by atoms with Gasteiger partial charge in [-0.2, -0.15) is 5.26 Å². The Morgan fingerprint density at radius 2 is 1.95 bits per heavy atom. The predicted octanol–water partition coefficient (Wildman–Crippen LogP) is 4.54. The highest BCUT2D eigenvalue weighted by molar-refractivity contribution is 7.18. The molecule has 1 aromatic heterocycles. The molecule has 3 nitrogen and oxygen atoms in total. The first-order valence-electron chi connectivity index (χ1n) is 6.40. The monoisotopic (exact) mass is 319 g/mol. The van der Waals surface area contributed by atoms with E-state index in [1.807, 2.05) is 13.8 Å². The standard InChI is InChI=1S/C16H14ClNO2S/c1-9-6-12(8-18)7-10(2)16(9)20-11(3)15(19)13-4-5-14(17)21-13/h4-7,11H,1-3H3. The van der Waals surface area contributed by atoms with Gasteiger partial charge >= 0.3 is 0 Å². The number of ether oxygens (including phenoxy) is 1. The van der Waals surface area contributed by atoms with E-state index in [1.165, 1.54) is 11.3 Å². The molecule has 0 radical (unpaired) electrons. The minimum atomic E-state index is -0.606. The molecule has 0 saturated heterocycles. The number of halogens is 1. The molecule has 0 aliphatic carbocycles. The minimum Gasteiger partial charge on any atom is -0.482 e. The second-order valence-corrected chi connectivity index (χ2v) is 6.49. The van der Waals surface area contributed by atoms with E-state index in [2.05, 4.69) is 6.07 Å². The van der Waals surface area contributed by atoms with Crippen molar-refractivity contribution in [1.82, 2.24) is 0 Å². The van der Waals surface area contributed by atoms with Crippen LogP contribution in [0.3, 0.4) is 0 Å². The number of nitriles is 1. The number of Topliss-reactive ketones (excluding diaryl/α,β-unsaturated/α-hetero) is 1. The Labute approximate surface area is 132 Å². The zero-order chi connectivity index (χ0) is 15.6. The summed E-state index contributed by atoms with van der Waals surface area (Å²) < 4.78 is 6.39. The van der Waals surface area contributed by atoms with Crippen LogP contribution >= 0.6 is 22.9 Å². The fraction of sp³-hybridized carbons (Fsp3) is 0.250. The van der Waals surface area contributed by atoms with E-state index in [-0.39, 0.29) is 5.78 Å². The van der Waals surface area contributed by atoms with Gasteiger partial charge in [0, 0.05) is 0 Å². The second kappa shape index (κ2) is 6.30. The summed E-state index contributed by atoms with van der Waals surface area (Å²) in [6.07, 6.45) is -0.606. The maximum absolute atomic E-state index is 12.3. The Morgan fingerprint density at radius 3 is 2.43 bits per heavy atom. The first-order valence-corrected chi connectivity index (χ1v) is 7.59. The van der Waals surface area contributed by atoms with E-state index in [9.17, 15) is 4.79 Å². The molecule has 1 heterocycles. The topological polar surface area (TPSA) is 50.1 Å². The molecule has 1 unspecified atom stereocenters. The fourth-order valence-electron chi connectivity index (χ4n) is 2.08. The van der Waals surface area contributed by atoms with Gasteiger partial charge in [-0.25, -0.2) is 0 Å². The molecule has 0 fully saturated rings. The van der Waals surface area contributed by atoms with Gasteiger partial charge in [-0.15, -0.1) is 11.3 Å². The van der Waals surface area contributed by atoms with Crippen molar-refractivity contribution in [3.63, 3.8) is 0 Å². The van der Waals surface area contributed by atoms with Crippen molar-refractivity contribution in [2.45, 2.75) is 26.9 Å². The lowest BCUT2D eigenvalue weighted by atomic mass is 10.1. The van der Waals surface area contributed by atoms with E-state index in [0.717, 1.165) is 11.1 Å². The van der Waals surface area contributed by atoms with Gasteiger partial charge in [0.05, 0.1) is 20.8 Å². The van der Waals surface area contributed by atoms with Crippen LogP contribution in [0.2, 0.25) is 4.34 Å². The van der Waals surface area contributed by atoms with Crippen LogP contribution in [0.4, 0.5) is 0 Å². The largest absolute Gasteiger partial charge is 0.482 e. The van der Waals surface area contributed by atoms with Crippen LogP contribution < -0.4 is 4.74 Å². The van der Waals surface area contributed by atoms with Crippen LogP contribution in [0.1, 0.15) is 33.3 Å². The summed E-state index contributed by atoms with van der Waals surface area (Å²) in [7, 11) is 0. The van der Waals surface area contributed by atoms with Crippen LogP contribution in [-0.2, 0) is 0 Å². The number of thiophene rings is 1. The van der Waals surface area contributed by atoms with Gasteiger partial charge in [-0.1, -0.05) is 11.6 Å². The average molecular weight is 320 g/mol. The van der Waals surface area contributed by atoms with E-state index < -0.39 is 6.10 Å². The summed E-state index contributed by atoms with van der Waals surface area (Å²) in [5.41, 5.74) is 2.27. The third-order valence-corrected chi connectivity index (χ3v) is 4.32. The summed E-state index contributed by atoms with van der Waals surface area (Å²) in [6.45, 7) is 5.44. The van der Waals surface area contributed by atoms with Crippen LogP contribution in [0, 0.1) is 25.2 Å². The number of hydrogen-bond donors (Lipinski definition) is 0. The highest BCUT2D eigenvalue weighted by atomic mass is 35.5. The number of carbonyl (C=O) groups excluding carboxylic acids is 1. The fourth-order valence-corrected chi connectivity index (χ4v) is 3.14. The summed E-state index contributed by atoms with van der Waals surface area (Å²) in [6, 6.07) is 9.01. The molecule has 0 bridgehead atoms. The summed E-state index contributed by atoms with van der Waals surface area (Å²) in [5, 5.41) is 8.94. The van der Waals surface area contributed by atoms with Gasteiger partial charge in [0.1, 0.15) is 5.75 Å². The van der Waals surface area contributed by atoms with E-state index >= 15 is 0 Å². The molecular formula is C16H14ClNO2S. The van der Waals surface area contributed by atoms with Crippen molar-refractivity contribution in [3.05, 3.63) is 50.2 Å². The van der Waals surface area contributed by atoms with Crippen molar-refractivity contribution in [3.8, 4) is 11.8 Å². The van der Waals surface area contributed by atoms with E-state index in [1.54, 1.807) is 31.2 Å². The Balaban J connectivity index is 2.22. The molecule has 21 heavy (non-hydrogen) atoms. The molecule has 2 rings (SSSR count). The van der Waals surface area contributed by atoms with Crippen molar-refractivity contribution >= 4 is 28.7 Å². The predicted molar refractivity (Wildman–Crippen MR) is 84.4 cm³/mol. The first kappa shape index (κ1) is 15.6. The van der Waals surface area contributed by atoms with Crippen LogP contribution in [-0.4, -0.2) is 11.9 Å². The van der Waals surface area contributed by atoms with Gasteiger partial charge in [0.2, 0.25) is 5.78 Å². The lowest BCUT2D eigenvalue weighted by molar-refractivity contribution is 0.0820. The molecule has 1 atom stereocenters. The van der Waals surface area contributed by atoms with Crippen molar-refractivity contribution in [2.24, 2.45) is 0 Å². The van der Waals surface area contributed by atoms with E-state index in [4.69, 9.17) is 21.6 Å². The molecule has 2 aromatic rings. The molecule has 5 heteroatoms. The highest BCUT2D eigenvalue weighted by Gasteiger charge is 2.20. The van der Waals surface area contributed by atoms with Gasteiger partial charge in [-0.05, 0) is 56.2 Å². The Morgan fingerprint density at radius 1 is 1.33 bits per heavy atom. The normalized spacial score (nSPS) is 11.8. The third kappa shape index (κ3) is 3.44. The van der Waals surface area contributed by atoms with Gasteiger partial charge in [-0.3, -0.25) is 4.79 Å². The second-order valence-electron chi connectivity index (χ2n) is 4.78. The number of carbonyl (C=O) groups is 1. The van der Waals surface area contributed by atoms with Gasteiger partial charge < -0.3 is 4.74 Å². The van der Waals surface area contributed by atoms with Crippen LogP contribution in [0.25, 0.3) is 0 Å². The van der Waals surface area contributed by atoms with Crippen molar-refractivity contribution < 1.29 is 9.53 Å². The van der Waals surface area contributed by atoms with Crippen LogP contribution in [0.5, 0.6) is 5.75 Å².